The van der Waals surface area contributed by atoms with E-state index in [9.17, 15) is 9.59 Å². The van der Waals surface area contributed by atoms with Crippen molar-refractivity contribution in [2.75, 3.05) is 12.4 Å². The maximum Gasteiger partial charge on any atom is 0.413 e. The first-order chi connectivity index (χ1) is 14.2. The second-order valence-corrected chi connectivity index (χ2v) is 7.26. The van der Waals surface area contributed by atoms with Gasteiger partial charge < -0.3 is 9.47 Å². The van der Waals surface area contributed by atoms with Crippen molar-refractivity contribution >= 4 is 17.9 Å². The molecule has 30 heavy (non-hydrogen) atoms. The fourth-order valence-electron chi connectivity index (χ4n) is 2.36. The first-order valence-electron chi connectivity index (χ1n) is 9.01. The van der Waals surface area contributed by atoms with Gasteiger partial charge in [-0.25, -0.2) is 19.3 Å². The zero-order valence-corrected chi connectivity index (χ0v) is 17.0. The molecule has 0 aliphatic rings. The van der Waals surface area contributed by atoms with Gasteiger partial charge in [0.05, 0.1) is 25.5 Å². The maximum atomic E-state index is 11.8. The molecule has 3 aromatic heterocycles. The largest absolute Gasteiger partial charge is 0.464 e. The minimum absolute atomic E-state index is 0.131. The van der Waals surface area contributed by atoms with E-state index < -0.39 is 17.7 Å². The Hall–Kier alpha value is -3.89. The van der Waals surface area contributed by atoms with Crippen LogP contribution in [0.2, 0.25) is 0 Å². The van der Waals surface area contributed by atoms with E-state index in [1.165, 1.54) is 13.2 Å². The third-order valence-electron chi connectivity index (χ3n) is 3.67. The average Bonchev–Trinajstić information content (AvgIpc) is 3.15. The van der Waals surface area contributed by atoms with Crippen LogP contribution < -0.4 is 5.32 Å². The van der Waals surface area contributed by atoms with Crippen LogP contribution >= 0.6 is 0 Å². The number of carbonyl (C=O) groups is 2. The highest BCUT2D eigenvalue weighted by Gasteiger charge is 2.16. The molecule has 0 unspecified atom stereocenters. The summed E-state index contributed by atoms with van der Waals surface area (Å²) in [5.74, 6) is -0.185. The molecule has 0 saturated carbocycles. The van der Waals surface area contributed by atoms with Crippen LogP contribution in [-0.4, -0.2) is 54.9 Å². The molecule has 0 aliphatic heterocycles. The quantitative estimate of drug-likeness (QED) is 0.628. The lowest BCUT2D eigenvalue weighted by Gasteiger charge is -2.19. The zero-order valence-electron chi connectivity index (χ0n) is 17.0. The summed E-state index contributed by atoms with van der Waals surface area (Å²) in [5, 5.41) is 18.6. The Morgan fingerprint density at radius 1 is 1.10 bits per heavy atom. The van der Waals surface area contributed by atoms with E-state index in [-0.39, 0.29) is 5.69 Å². The summed E-state index contributed by atoms with van der Waals surface area (Å²) in [6.07, 6.45) is 2.73. The third kappa shape index (κ3) is 5.56. The SMILES string of the molecule is COC(=O)c1ccc(Cn2cc(-c3ccc(NC(=O)OC(C)(C)C)nc3)nn2)nn1. The second kappa shape index (κ2) is 8.64. The van der Waals surface area contributed by atoms with Gasteiger partial charge >= 0.3 is 12.1 Å². The number of rotatable bonds is 5. The van der Waals surface area contributed by atoms with Gasteiger partial charge in [0.25, 0.3) is 0 Å². The lowest BCUT2D eigenvalue weighted by Crippen LogP contribution is -2.27. The summed E-state index contributed by atoms with van der Waals surface area (Å²) in [7, 11) is 1.28. The molecule has 0 spiro atoms. The molecular weight excluding hydrogens is 390 g/mol. The fourth-order valence-corrected chi connectivity index (χ4v) is 2.36. The number of ether oxygens (including phenoxy) is 2. The standard InChI is InChI=1S/C19H21N7O4/c1-19(2,3)30-18(28)21-16-8-5-12(9-20-16)15-11-26(25-24-15)10-13-6-7-14(23-22-13)17(27)29-4/h5-9,11H,10H2,1-4H3,(H,20,21,28). The van der Waals surface area contributed by atoms with E-state index in [0.29, 0.717) is 23.8 Å². The van der Waals surface area contributed by atoms with Crippen LogP contribution in [0.4, 0.5) is 10.6 Å². The molecule has 0 aliphatic carbocycles. The van der Waals surface area contributed by atoms with Crippen molar-refractivity contribution in [1.29, 1.82) is 0 Å². The summed E-state index contributed by atoms with van der Waals surface area (Å²) in [6.45, 7) is 5.68. The lowest BCUT2D eigenvalue weighted by molar-refractivity contribution is 0.0590. The number of esters is 1. The number of nitrogens with zero attached hydrogens (tertiary/aromatic N) is 6. The van der Waals surface area contributed by atoms with Gasteiger partial charge in [0.1, 0.15) is 17.1 Å². The topological polar surface area (TPSA) is 134 Å². The van der Waals surface area contributed by atoms with Gasteiger partial charge in [0.2, 0.25) is 0 Å². The molecule has 3 rings (SSSR count). The molecule has 0 fully saturated rings. The molecule has 0 atom stereocenters. The van der Waals surface area contributed by atoms with Crippen molar-refractivity contribution < 1.29 is 19.1 Å². The normalized spacial score (nSPS) is 11.1. The molecule has 0 bridgehead atoms. The Bertz CT molecular complexity index is 1020. The summed E-state index contributed by atoms with van der Waals surface area (Å²) >= 11 is 0. The predicted molar refractivity (Wildman–Crippen MR) is 106 cm³/mol. The number of anilines is 1. The van der Waals surface area contributed by atoms with Gasteiger partial charge in [-0.1, -0.05) is 5.21 Å². The Morgan fingerprint density at radius 3 is 2.50 bits per heavy atom. The molecular formula is C19H21N7O4. The van der Waals surface area contributed by atoms with Gasteiger partial charge in [-0.15, -0.1) is 10.2 Å². The van der Waals surface area contributed by atoms with Crippen molar-refractivity contribution in [3.8, 4) is 11.3 Å². The van der Waals surface area contributed by atoms with E-state index in [4.69, 9.17) is 4.74 Å². The molecule has 11 nitrogen and oxygen atoms in total. The smallest absolute Gasteiger partial charge is 0.413 e. The van der Waals surface area contributed by atoms with Crippen molar-refractivity contribution in [3.63, 3.8) is 0 Å². The van der Waals surface area contributed by atoms with E-state index in [1.807, 2.05) is 0 Å². The second-order valence-electron chi connectivity index (χ2n) is 7.26. The first kappa shape index (κ1) is 20.8. The summed E-state index contributed by atoms with van der Waals surface area (Å²) < 4.78 is 11.4. The number of nitrogens with one attached hydrogen (secondary N) is 1. The van der Waals surface area contributed by atoms with E-state index in [1.54, 1.807) is 56.0 Å². The minimum Gasteiger partial charge on any atom is -0.464 e. The van der Waals surface area contributed by atoms with Crippen LogP contribution in [0.5, 0.6) is 0 Å². The Kier molecular flexibility index (Phi) is 6.00. The van der Waals surface area contributed by atoms with E-state index in [0.717, 1.165) is 5.56 Å². The Morgan fingerprint density at radius 2 is 1.90 bits per heavy atom. The van der Waals surface area contributed by atoms with Crippen LogP contribution in [-0.2, 0) is 16.0 Å². The molecule has 1 N–H and O–H groups in total. The van der Waals surface area contributed by atoms with Gasteiger partial charge in [0.15, 0.2) is 5.69 Å². The average molecular weight is 411 g/mol. The number of hydrogen-bond acceptors (Lipinski definition) is 9. The van der Waals surface area contributed by atoms with Crippen LogP contribution in [0.25, 0.3) is 11.3 Å². The number of methoxy groups -OCH3 is 1. The molecule has 0 aromatic carbocycles. The van der Waals surface area contributed by atoms with Crippen molar-refractivity contribution in [2.45, 2.75) is 32.9 Å². The lowest BCUT2D eigenvalue weighted by atomic mass is 10.2. The van der Waals surface area contributed by atoms with Gasteiger partial charge in [0, 0.05) is 11.8 Å². The summed E-state index contributed by atoms with van der Waals surface area (Å²) in [6, 6.07) is 6.61. The van der Waals surface area contributed by atoms with Gasteiger partial charge in [-0.3, -0.25) is 5.32 Å². The predicted octanol–water partition coefficient (Wildman–Crippen LogP) is 2.31. The van der Waals surface area contributed by atoms with Crippen molar-refractivity contribution in [1.82, 2.24) is 30.2 Å². The molecule has 156 valence electrons. The third-order valence-corrected chi connectivity index (χ3v) is 3.67. The van der Waals surface area contributed by atoms with E-state index >= 15 is 0 Å². The molecule has 0 radical (unpaired) electrons. The zero-order chi connectivity index (χ0) is 21.7. The minimum atomic E-state index is -0.591. The monoisotopic (exact) mass is 411 g/mol. The van der Waals surface area contributed by atoms with Gasteiger partial charge in [-0.2, -0.15) is 5.10 Å². The van der Waals surface area contributed by atoms with Crippen LogP contribution in [0, 0.1) is 0 Å². The molecule has 0 saturated heterocycles. The number of aromatic nitrogens is 6. The first-order valence-corrected chi connectivity index (χ1v) is 9.01. The highest BCUT2D eigenvalue weighted by Crippen LogP contribution is 2.17. The van der Waals surface area contributed by atoms with Crippen LogP contribution in [0.1, 0.15) is 37.0 Å². The molecule has 3 heterocycles. The summed E-state index contributed by atoms with van der Waals surface area (Å²) in [5.41, 5.74) is 1.47. The highest BCUT2D eigenvalue weighted by molar-refractivity contribution is 5.86. The number of carbonyl (C=O) groups excluding carboxylic acids is 2. The molecule has 3 aromatic rings. The number of pyridine rings is 1. The number of hydrogen-bond donors (Lipinski definition) is 1. The highest BCUT2D eigenvalue weighted by atomic mass is 16.6. The Labute approximate surface area is 172 Å². The van der Waals surface area contributed by atoms with Crippen LogP contribution in [0.3, 0.4) is 0 Å². The van der Waals surface area contributed by atoms with Crippen molar-refractivity contribution in [2.24, 2.45) is 0 Å². The Balaban J connectivity index is 1.63. The van der Waals surface area contributed by atoms with Crippen molar-refractivity contribution in [3.05, 3.63) is 48.0 Å². The summed E-state index contributed by atoms with van der Waals surface area (Å²) in [4.78, 5) is 27.4. The van der Waals surface area contributed by atoms with Crippen LogP contribution in [0.15, 0.2) is 36.7 Å². The molecule has 11 heteroatoms. The van der Waals surface area contributed by atoms with E-state index in [2.05, 4.69) is 35.5 Å². The number of amides is 1. The molecule has 1 amide bonds. The van der Waals surface area contributed by atoms with Gasteiger partial charge in [-0.05, 0) is 45.0 Å². The maximum absolute atomic E-state index is 11.8. The fraction of sp³-hybridized carbons (Fsp3) is 0.316.